The van der Waals surface area contributed by atoms with Crippen LogP contribution in [0.4, 0.5) is 10.1 Å². The molecule has 1 N–H and O–H groups in total. The van der Waals surface area contributed by atoms with Crippen molar-refractivity contribution in [3.05, 3.63) is 29.1 Å². The molecule has 1 aromatic rings. The molecule has 0 fully saturated rings. The summed E-state index contributed by atoms with van der Waals surface area (Å²) >= 11 is 0. The van der Waals surface area contributed by atoms with Crippen LogP contribution in [-0.2, 0) is 0 Å². The van der Waals surface area contributed by atoms with Crippen LogP contribution in [0.1, 0.15) is 51.2 Å². The number of anilines is 1. The van der Waals surface area contributed by atoms with Crippen molar-refractivity contribution in [1.29, 1.82) is 5.26 Å². The predicted octanol–water partition coefficient (Wildman–Crippen LogP) is 4.63. The smallest absolute Gasteiger partial charge is 0.129 e. The van der Waals surface area contributed by atoms with Crippen LogP contribution in [0.5, 0.6) is 0 Å². The van der Waals surface area contributed by atoms with E-state index in [4.69, 9.17) is 5.26 Å². The minimum atomic E-state index is -0.319. The van der Waals surface area contributed by atoms with Crippen LogP contribution in [0.3, 0.4) is 0 Å². The van der Waals surface area contributed by atoms with E-state index in [1.165, 1.54) is 6.07 Å². The number of nitrogens with zero attached hydrogens (tertiary/aromatic N) is 1. The summed E-state index contributed by atoms with van der Waals surface area (Å²) in [4.78, 5) is 0. The van der Waals surface area contributed by atoms with Gasteiger partial charge in [-0.25, -0.2) is 4.39 Å². The Bertz CT molecular complexity index is 463. The van der Waals surface area contributed by atoms with E-state index in [9.17, 15) is 4.39 Å². The average Bonchev–Trinajstić information content (AvgIpc) is 2.42. The molecule has 2 unspecified atom stereocenters. The predicted molar refractivity (Wildman–Crippen MR) is 77.6 cm³/mol. The summed E-state index contributed by atoms with van der Waals surface area (Å²) in [5.74, 6) is 0.321. The van der Waals surface area contributed by atoms with E-state index in [1.807, 2.05) is 6.07 Å². The Morgan fingerprint density at radius 2 is 2.00 bits per heavy atom. The van der Waals surface area contributed by atoms with Gasteiger partial charge in [-0.3, -0.25) is 0 Å². The van der Waals surface area contributed by atoms with E-state index >= 15 is 0 Å². The van der Waals surface area contributed by atoms with Gasteiger partial charge >= 0.3 is 0 Å². The van der Waals surface area contributed by atoms with Crippen LogP contribution in [-0.4, -0.2) is 6.04 Å². The maximum absolute atomic E-state index is 13.7. The number of hydrogen-bond acceptors (Lipinski definition) is 2. The highest BCUT2D eigenvalue weighted by atomic mass is 19.1. The Morgan fingerprint density at radius 3 is 2.53 bits per heavy atom. The van der Waals surface area contributed by atoms with E-state index in [0.717, 1.165) is 24.9 Å². The molecule has 0 aliphatic heterocycles. The Hall–Kier alpha value is -1.56. The van der Waals surface area contributed by atoms with Gasteiger partial charge < -0.3 is 5.32 Å². The third kappa shape index (κ3) is 4.24. The number of nitriles is 1. The normalized spacial score (nSPS) is 13.7. The SMILES string of the molecule is CCC(C)CC(CC)Nc1cc(C#N)cc(F)c1C. The second-order valence-corrected chi connectivity index (χ2v) is 5.24. The summed E-state index contributed by atoms with van der Waals surface area (Å²) in [7, 11) is 0. The summed E-state index contributed by atoms with van der Waals surface area (Å²) in [5.41, 5.74) is 1.69. The highest BCUT2D eigenvalue weighted by Crippen LogP contribution is 2.23. The molecule has 0 aliphatic carbocycles. The lowest BCUT2D eigenvalue weighted by Gasteiger charge is -2.22. The van der Waals surface area contributed by atoms with Crippen LogP contribution in [0, 0.1) is 30.0 Å². The van der Waals surface area contributed by atoms with Crippen molar-refractivity contribution in [2.45, 2.75) is 53.0 Å². The molecule has 1 aromatic carbocycles. The molecule has 0 bridgehead atoms. The molecule has 0 heterocycles. The first kappa shape index (κ1) is 15.5. The first-order valence-corrected chi connectivity index (χ1v) is 6.98. The minimum Gasteiger partial charge on any atom is -0.382 e. The van der Waals surface area contributed by atoms with Crippen molar-refractivity contribution in [3.63, 3.8) is 0 Å². The first-order chi connectivity index (χ1) is 9.01. The Labute approximate surface area is 115 Å². The topological polar surface area (TPSA) is 35.8 Å². The lowest BCUT2D eigenvalue weighted by atomic mass is 9.97. The molecule has 0 saturated heterocycles. The molecule has 19 heavy (non-hydrogen) atoms. The van der Waals surface area contributed by atoms with Gasteiger partial charge in [-0.1, -0.05) is 27.2 Å². The zero-order valence-electron chi connectivity index (χ0n) is 12.3. The monoisotopic (exact) mass is 262 g/mol. The van der Waals surface area contributed by atoms with Gasteiger partial charge in [0.05, 0.1) is 11.6 Å². The second-order valence-electron chi connectivity index (χ2n) is 5.24. The van der Waals surface area contributed by atoms with Gasteiger partial charge in [0.25, 0.3) is 0 Å². The first-order valence-electron chi connectivity index (χ1n) is 6.98. The van der Waals surface area contributed by atoms with Gasteiger partial charge in [-0.05, 0) is 37.8 Å². The fourth-order valence-electron chi connectivity index (χ4n) is 2.09. The zero-order valence-corrected chi connectivity index (χ0v) is 12.3. The van der Waals surface area contributed by atoms with Crippen LogP contribution >= 0.6 is 0 Å². The lowest BCUT2D eigenvalue weighted by molar-refractivity contribution is 0.461. The Morgan fingerprint density at radius 1 is 1.32 bits per heavy atom. The van der Waals surface area contributed by atoms with Gasteiger partial charge in [-0.15, -0.1) is 0 Å². The maximum atomic E-state index is 13.7. The van der Waals surface area contributed by atoms with Crippen LogP contribution < -0.4 is 5.32 Å². The van der Waals surface area contributed by atoms with Crippen LogP contribution in [0.2, 0.25) is 0 Å². The van der Waals surface area contributed by atoms with E-state index in [0.29, 0.717) is 23.1 Å². The summed E-state index contributed by atoms with van der Waals surface area (Å²) in [6.07, 6.45) is 3.19. The summed E-state index contributed by atoms with van der Waals surface area (Å²) in [6, 6.07) is 5.34. The maximum Gasteiger partial charge on any atom is 0.129 e. The molecule has 3 heteroatoms. The molecule has 0 spiro atoms. The molecule has 2 nitrogen and oxygen atoms in total. The third-order valence-corrected chi connectivity index (χ3v) is 3.71. The molecule has 0 saturated carbocycles. The highest BCUT2D eigenvalue weighted by Gasteiger charge is 2.13. The van der Waals surface area contributed by atoms with Crippen LogP contribution in [0.15, 0.2) is 12.1 Å². The Kier molecular flexibility index (Phi) is 5.82. The zero-order chi connectivity index (χ0) is 14.4. The Balaban J connectivity index is 2.91. The molecule has 0 radical (unpaired) electrons. The molecule has 0 amide bonds. The van der Waals surface area contributed by atoms with E-state index in [-0.39, 0.29) is 5.82 Å². The molecule has 0 aromatic heterocycles. The summed E-state index contributed by atoms with van der Waals surface area (Å²) in [6.45, 7) is 8.27. The van der Waals surface area contributed by atoms with Crippen molar-refractivity contribution in [3.8, 4) is 6.07 Å². The molecule has 0 aliphatic rings. The number of hydrogen-bond donors (Lipinski definition) is 1. The largest absolute Gasteiger partial charge is 0.382 e. The van der Waals surface area contributed by atoms with E-state index < -0.39 is 0 Å². The van der Waals surface area contributed by atoms with Crippen molar-refractivity contribution >= 4 is 5.69 Å². The van der Waals surface area contributed by atoms with Gasteiger partial charge in [0, 0.05) is 17.3 Å². The molecular formula is C16H23FN2. The van der Waals surface area contributed by atoms with Gasteiger partial charge in [0.1, 0.15) is 5.82 Å². The number of benzene rings is 1. The van der Waals surface area contributed by atoms with Gasteiger partial charge in [-0.2, -0.15) is 5.26 Å². The van der Waals surface area contributed by atoms with Gasteiger partial charge in [0.15, 0.2) is 0 Å². The fourth-order valence-corrected chi connectivity index (χ4v) is 2.09. The van der Waals surface area contributed by atoms with E-state index in [2.05, 4.69) is 26.1 Å². The minimum absolute atomic E-state index is 0.319. The van der Waals surface area contributed by atoms with E-state index in [1.54, 1.807) is 13.0 Å². The average molecular weight is 262 g/mol. The van der Waals surface area contributed by atoms with Crippen molar-refractivity contribution in [1.82, 2.24) is 0 Å². The van der Waals surface area contributed by atoms with Gasteiger partial charge in [0.2, 0.25) is 0 Å². The number of halogens is 1. The van der Waals surface area contributed by atoms with Crippen molar-refractivity contribution < 1.29 is 4.39 Å². The molecule has 1 rings (SSSR count). The highest BCUT2D eigenvalue weighted by molar-refractivity contribution is 5.56. The summed E-state index contributed by atoms with van der Waals surface area (Å²) < 4.78 is 13.7. The fraction of sp³-hybridized carbons (Fsp3) is 0.562. The van der Waals surface area contributed by atoms with Crippen molar-refractivity contribution in [2.75, 3.05) is 5.32 Å². The van der Waals surface area contributed by atoms with Crippen molar-refractivity contribution in [2.24, 2.45) is 5.92 Å². The van der Waals surface area contributed by atoms with Crippen LogP contribution in [0.25, 0.3) is 0 Å². The number of nitrogens with one attached hydrogen (secondary N) is 1. The third-order valence-electron chi connectivity index (χ3n) is 3.71. The standard InChI is InChI=1S/C16H23FN2/c1-5-11(3)7-14(6-2)19-16-9-13(10-18)8-15(17)12(16)4/h8-9,11,14,19H,5-7H2,1-4H3. The second kappa shape index (κ2) is 7.13. The molecule has 104 valence electrons. The lowest BCUT2D eigenvalue weighted by Crippen LogP contribution is -2.22. The molecular weight excluding hydrogens is 239 g/mol. The number of rotatable bonds is 6. The molecule has 2 atom stereocenters. The quantitative estimate of drug-likeness (QED) is 0.811. The summed E-state index contributed by atoms with van der Waals surface area (Å²) in [5, 5.41) is 12.3.